The second-order valence-electron chi connectivity index (χ2n) is 6.84. The maximum atomic E-state index is 13.2. The summed E-state index contributed by atoms with van der Waals surface area (Å²) in [4.78, 5) is 36.4. The smallest absolute Gasteiger partial charge is 0.418 e. The molecule has 0 aliphatic carbocycles. The third kappa shape index (κ3) is 7.76. The Labute approximate surface area is 207 Å². The van der Waals surface area contributed by atoms with Gasteiger partial charge < -0.3 is 20.1 Å². The third-order valence-electron chi connectivity index (χ3n) is 4.25. The number of ether oxygens (including phenoxy) is 2. The van der Waals surface area contributed by atoms with Crippen LogP contribution in [0.3, 0.4) is 0 Å². The predicted octanol–water partition coefficient (Wildman–Crippen LogP) is 4.49. The lowest BCUT2D eigenvalue weighted by atomic mass is 10.1. The second-order valence-corrected chi connectivity index (χ2v) is 7.69. The van der Waals surface area contributed by atoms with E-state index in [2.05, 4.69) is 15.7 Å². The van der Waals surface area contributed by atoms with Crippen molar-refractivity contribution < 1.29 is 37.0 Å². The van der Waals surface area contributed by atoms with E-state index in [1.54, 1.807) is 0 Å². The number of methoxy groups -OCH3 is 2. The Hall–Kier alpha value is -3.51. The fourth-order valence-electron chi connectivity index (χ4n) is 2.66. The summed E-state index contributed by atoms with van der Waals surface area (Å²) in [6.45, 7) is 1.33. The van der Waals surface area contributed by atoms with Crippen molar-refractivity contribution in [3.63, 3.8) is 0 Å². The predicted molar refractivity (Wildman–Crippen MR) is 124 cm³/mol. The molecule has 0 spiro atoms. The molecule has 14 heteroatoms. The summed E-state index contributed by atoms with van der Waals surface area (Å²) in [5.74, 6) is -2.76. The van der Waals surface area contributed by atoms with Gasteiger partial charge in [-0.1, -0.05) is 23.2 Å². The van der Waals surface area contributed by atoms with Gasteiger partial charge >= 0.3 is 18.0 Å². The van der Waals surface area contributed by atoms with Gasteiger partial charge in [-0.15, -0.1) is 0 Å². The van der Waals surface area contributed by atoms with Crippen LogP contribution in [0.5, 0.6) is 11.5 Å². The van der Waals surface area contributed by atoms with Crippen LogP contribution in [0.2, 0.25) is 10.0 Å². The number of carbonyl (C=O) groups is 3. The first-order valence-electron chi connectivity index (χ1n) is 9.58. The zero-order chi connectivity index (χ0) is 26.3. The van der Waals surface area contributed by atoms with E-state index in [4.69, 9.17) is 32.7 Å². The number of amides is 3. The highest BCUT2D eigenvalue weighted by molar-refractivity contribution is 6.40. The zero-order valence-corrected chi connectivity index (χ0v) is 20.0. The summed E-state index contributed by atoms with van der Waals surface area (Å²) in [6, 6.07) is 5.61. The first-order chi connectivity index (χ1) is 16.3. The number of hydrogen-bond donors (Lipinski definition) is 3. The molecule has 2 rings (SSSR count). The molecular weight excluding hydrogens is 516 g/mol. The Bertz CT molecular complexity index is 1170. The van der Waals surface area contributed by atoms with Crippen LogP contribution in [0, 0.1) is 0 Å². The van der Waals surface area contributed by atoms with Crippen molar-refractivity contribution in [3.05, 3.63) is 45.9 Å². The van der Waals surface area contributed by atoms with Crippen molar-refractivity contribution in [1.82, 2.24) is 5.43 Å². The lowest BCUT2D eigenvalue weighted by molar-refractivity contribution is -0.137. The molecule has 0 aromatic heterocycles. The van der Waals surface area contributed by atoms with Crippen molar-refractivity contribution in [2.45, 2.75) is 19.5 Å². The molecule has 2 aromatic rings. The molecule has 0 unspecified atom stereocenters. The third-order valence-corrected chi connectivity index (χ3v) is 4.78. The monoisotopic (exact) mass is 534 g/mol. The minimum Gasteiger partial charge on any atom is -0.495 e. The van der Waals surface area contributed by atoms with E-state index in [9.17, 15) is 27.6 Å². The molecule has 9 nitrogen and oxygen atoms in total. The molecule has 0 aliphatic rings. The summed E-state index contributed by atoms with van der Waals surface area (Å²) in [6.07, 6.45) is -5.21. The van der Waals surface area contributed by atoms with Gasteiger partial charge in [-0.2, -0.15) is 18.3 Å². The highest BCUT2D eigenvalue weighted by Gasteiger charge is 2.34. The minimum absolute atomic E-state index is 0.0110. The summed E-state index contributed by atoms with van der Waals surface area (Å²) < 4.78 is 49.6. The van der Waals surface area contributed by atoms with Gasteiger partial charge in [0.15, 0.2) is 0 Å². The first-order valence-corrected chi connectivity index (χ1v) is 10.3. The van der Waals surface area contributed by atoms with Crippen molar-refractivity contribution in [3.8, 4) is 11.5 Å². The highest BCUT2D eigenvalue weighted by Crippen LogP contribution is 2.37. The van der Waals surface area contributed by atoms with E-state index in [0.717, 1.165) is 6.07 Å². The van der Waals surface area contributed by atoms with Gasteiger partial charge in [0.25, 0.3) is 0 Å². The second kappa shape index (κ2) is 11.8. The van der Waals surface area contributed by atoms with E-state index < -0.39 is 41.6 Å². The van der Waals surface area contributed by atoms with E-state index in [-0.39, 0.29) is 32.9 Å². The maximum Gasteiger partial charge on any atom is 0.418 e. The number of alkyl halides is 3. The number of anilines is 2. The Morgan fingerprint density at radius 2 is 1.60 bits per heavy atom. The fourth-order valence-corrected chi connectivity index (χ4v) is 3.06. The van der Waals surface area contributed by atoms with Crippen LogP contribution in [-0.4, -0.2) is 37.7 Å². The SMILES string of the molecule is COc1cc(NC(=O)C(=O)N/N=C(/C)CC(=O)Nc2ccc(Cl)cc2C(F)(F)F)c(OC)cc1Cl. The Morgan fingerprint density at radius 1 is 0.943 bits per heavy atom. The number of hydrazone groups is 1. The number of carbonyl (C=O) groups excluding carboxylic acids is 3. The maximum absolute atomic E-state index is 13.2. The van der Waals surface area contributed by atoms with E-state index in [1.807, 2.05) is 5.43 Å². The number of hydrogen-bond acceptors (Lipinski definition) is 6. The minimum atomic E-state index is -4.74. The van der Waals surface area contributed by atoms with E-state index in [1.165, 1.54) is 39.3 Å². The molecule has 0 radical (unpaired) electrons. The Morgan fingerprint density at radius 3 is 2.20 bits per heavy atom. The van der Waals surface area contributed by atoms with Crippen LogP contribution < -0.4 is 25.5 Å². The van der Waals surface area contributed by atoms with Gasteiger partial charge in [0.1, 0.15) is 11.5 Å². The van der Waals surface area contributed by atoms with E-state index >= 15 is 0 Å². The van der Waals surface area contributed by atoms with Crippen LogP contribution in [-0.2, 0) is 20.6 Å². The number of rotatable bonds is 7. The Balaban J connectivity index is 2.01. The molecule has 3 amide bonds. The van der Waals surface area contributed by atoms with Gasteiger partial charge in [-0.25, -0.2) is 5.43 Å². The van der Waals surface area contributed by atoms with Crippen LogP contribution in [0.25, 0.3) is 0 Å². The standard InChI is InChI=1S/C21H19Cl2F3N4O5/c1-10(6-18(31)27-14-5-4-11(22)7-12(14)21(24,25)26)29-30-20(33)19(32)28-15-9-16(34-2)13(23)8-17(15)35-3/h4-5,7-9H,6H2,1-3H3,(H,27,31)(H,28,32)(H,30,33)/b29-10-. The Kier molecular flexibility index (Phi) is 9.32. The molecule has 0 fully saturated rings. The molecule has 3 N–H and O–H groups in total. The molecule has 0 heterocycles. The average molecular weight is 535 g/mol. The fraction of sp³-hybridized carbons (Fsp3) is 0.238. The van der Waals surface area contributed by atoms with Crippen molar-refractivity contribution in [2.75, 3.05) is 24.9 Å². The van der Waals surface area contributed by atoms with Crippen molar-refractivity contribution in [2.24, 2.45) is 5.10 Å². The molecular formula is C21H19Cl2F3N4O5. The molecule has 0 saturated carbocycles. The van der Waals surface area contributed by atoms with E-state index in [0.29, 0.717) is 6.07 Å². The molecule has 188 valence electrons. The highest BCUT2D eigenvalue weighted by atomic mass is 35.5. The normalized spacial score (nSPS) is 11.5. The number of benzene rings is 2. The van der Waals surface area contributed by atoms with Crippen LogP contribution in [0.4, 0.5) is 24.5 Å². The molecule has 0 saturated heterocycles. The number of nitrogens with zero attached hydrogens (tertiary/aromatic N) is 1. The topological polar surface area (TPSA) is 118 Å². The molecule has 35 heavy (non-hydrogen) atoms. The van der Waals surface area contributed by atoms with Crippen LogP contribution >= 0.6 is 23.2 Å². The molecule has 0 atom stereocenters. The summed E-state index contributed by atoms with van der Waals surface area (Å²) in [5, 5.41) is 8.11. The van der Waals surface area contributed by atoms with Gasteiger partial charge in [-0.3, -0.25) is 14.4 Å². The van der Waals surface area contributed by atoms with Crippen molar-refractivity contribution in [1.29, 1.82) is 0 Å². The largest absolute Gasteiger partial charge is 0.495 e. The van der Waals surface area contributed by atoms with Crippen molar-refractivity contribution >= 4 is 58.0 Å². The lowest BCUT2D eigenvalue weighted by Gasteiger charge is -2.14. The zero-order valence-electron chi connectivity index (χ0n) is 18.5. The molecule has 2 aromatic carbocycles. The molecule has 0 bridgehead atoms. The van der Waals surface area contributed by atoms with Gasteiger partial charge in [0, 0.05) is 22.9 Å². The average Bonchev–Trinajstić information content (AvgIpc) is 2.78. The summed E-state index contributed by atoms with van der Waals surface area (Å²) in [7, 11) is 2.69. The van der Waals surface area contributed by atoms with Crippen LogP contribution in [0.15, 0.2) is 35.4 Å². The van der Waals surface area contributed by atoms with Crippen LogP contribution in [0.1, 0.15) is 18.9 Å². The summed E-state index contributed by atoms with van der Waals surface area (Å²) >= 11 is 11.6. The number of nitrogens with one attached hydrogen (secondary N) is 3. The molecule has 0 aliphatic heterocycles. The quantitative estimate of drug-likeness (QED) is 0.275. The van der Waals surface area contributed by atoms with Gasteiger partial charge in [-0.05, 0) is 25.1 Å². The van der Waals surface area contributed by atoms with Gasteiger partial charge in [0.05, 0.1) is 42.6 Å². The first kappa shape index (κ1) is 27.7. The number of halogens is 5. The van der Waals surface area contributed by atoms with Gasteiger partial charge in [0.2, 0.25) is 5.91 Å². The lowest BCUT2D eigenvalue weighted by Crippen LogP contribution is -2.33. The summed E-state index contributed by atoms with van der Waals surface area (Å²) in [5.41, 5.74) is 0.451.